The second-order valence-electron chi connectivity index (χ2n) is 6.66. The molecule has 1 aliphatic rings. The van der Waals surface area contributed by atoms with Crippen LogP contribution in [-0.2, 0) is 14.4 Å². The summed E-state index contributed by atoms with van der Waals surface area (Å²) in [5.74, 6) is -0.00649. The summed E-state index contributed by atoms with van der Waals surface area (Å²) in [4.78, 5) is 37.5. The summed E-state index contributed by atoms with van der Waals surface area (Å²) in [7, 11) is 0. The van der Waals surface area contributed by atoms with Crippen molar-refractivity contribution in [2.75, 3.05) is 19.6 Å². The monoisotopic (exact) mass is 340 g/mol. The molecule has 1 unspecified atom stereocenters. The summed E-state index contributed by atoms with van der Waals surface area (Å²) in [5.41, 5.74) is 5.36. The van der Waals surface area contributed by atoms with Crippen molar-refractivity contribution in [3.8, 4) is 0 Å². The lowest BCUT2D eigenvalue weighted by molar-refractivity contribution is -0.135. The third-order valence-electron chi connectivity index (χ3n) is 4.10. The predicted octanol–water partition coefficient (Wildman–Crippen LogP) is 0.527. The number of piperidine rings is 1. The second-order valence-corrected chi connectivity index (χ2v) is 6.66. The largest absolute Gasteiger partial charge is 0.354 e. The van der Waals surface area contributed by atoms with Gasteiger partial charge in [-0.3, -0.25) is 14.4 Å². The van der Waals surface area contributed by atoms with E-state index in [1.807, 2.05) is 18.7 Å². The Kier molecular flexibility index (Phi) is 9.37. The number of hydrogen-bond acceptors (Lipinski definition) is 4. The molecule has 1 rings (SSSR count). The lowest BCUT2D eigenvalue weighted by atomic mass is 10.0. The van der Waals surface area contributed by atoms with Crippen LogP contribution in [0.2, 0.25) is 0 Å². The van der Waals surface area contributed by atoms with Crippen molar-refractivity contribution >= 4 is 17.7 Å². The van der Waals surface area contributed by atoms with Crippen LogP contribution < -0.4 is 16.4 Å². The molecule has 0 aliphatic carbocycles. The molecule has 24 heavy (non-hydrogen) atoms. The molecular formula is C17H32N4O3. The third-order valence-corrected chi connectivity index (χ3v) is 4.10. The Balaban J connectivity index is 2.38. The predicted molar refractivity (Wildman–Crippen MR) is 93.2 cm³/mol. The maximum Gasteiger partial charge on any atom is 0.222 e. The van der Waals surface area contributed by atoms with Gasteiger partial charge in [-0.25, -0.2) is 0 Å². The van der Waals surface area contributed by atoms with Gasteiger partial charge in [-0.15, -0.1) is 0 Å². The quantitative estimate of drug-likeness (QED) is 0.569. The van der Waals surface area contributed by atoms with E-state index in [0.717, 1.165) is 25.8 Å². The van der Waals surface area contributed by atoms with Crippen molar-refractivity contribution in [2.45, 2.75) is 70.9 Å². The van der Waals surface area contributed by atoms with E-state index in [1.165, 1.54) is 0 Å². The number of rotatable bonds is 9. The van der Waals surface area contributed by atoms with Crippen molar-refractivity contribution in [2.24, 2.45) is 5.73 Å². The Morgan fingerprint density at radius 2 is 1.88 bits per heavy atom. The van der Waals surface area contributed by atoms with E-state index in [0.29, 0.717) is 38.8 Å². The van der Waals surface area contributed by atoms with Crippen LogP contribution in [0.5, 0.6) is 0 Å². The second kappa shape index (κ2) is 11.0. The minimum absolute atomic E-state index is 0.0120. The summed E-state index contributed by atoms with van der Waals surface area (Å²) in [6, 6.07) is 0.175. The number of likely N-dealkylation sites (tertiary alicyclic amines) is 1. The fraction of sp³-hybridized carbons (Fsp3) is 0.824. The highest BCUT2D eigenvalue weighted by Gasteiger charge is 2.26. The van der Waals surface area contributed by atoms with Gasteiger partial charge in [0.1, 0.15) is 0 Å². The molecule has 3 amide bonds. The zero-order valence-corrected chi connectivity index (χ0v) is 15.0. The van der Waals surface area contributed by atoms with Gasteiger partial charge in [-0.2, -0.15) is 0 Å². The molecule has 7 nitrogen and oxygen atoms in total. The molecule has 1 fully saturated rings. The summed E-state index contributed by atoms with van der Waals surface area (Å²) in [6.45, 7) is 5.38. The zero-order valence-electron chi connectivity index (χ0n) is 15.0. The van der Waals surface area contributed by atoms with E-state index in [9.17, 15) is 14.4 Å². The Labute approximate surface area is 144 Å². The third kappa shape index (κ3) is 7.77. The van der Waals surface area contributed by atoms with Crippen LogP contribution in [-0.4, -0.2) is 54.3 Å². The number of amides is 3. The highest BCUT2D eigenvalue weighted by molar-refractivity contribution is 5.79. The van der Waals surface area contributed by atoms with Gasteiger partial charge in [0.05, 0.1) is 0 Å². The molecule has 0 saturated carbocycles. The Bertz CT molecular complexity index is 426. The first-order valence-electron chi connectivity index (χ1n) is 8.99. The average Bonchev–Trinajstić information content (AvgIpc) is 2.52. The highest BCUT2D eigenvalue weighted by atomic mass is 16.2. The van der Waals surface area contributed by atoms with Crippen LogP contribution in [0.3, 0.4) is 0 Å². The molecule has 1 heterocycles. The van der Waals surface area contributed by atoms with Crippen molar-refractivity contribution < 1.29 is 14.4 Å². The molecule has 0 aromatic heterocycles. The lowest BCUT2D eigenvalue weighted by Crippen LogP contribution is -2.49. The number of nitrogens with one attached hydrogen (secondary N) is 2. The lowest BCUT2D eigenvalue weighted by Gasteiger charge is -2.36. The number of hydrogen-bond donors (Lipinski definition) is 3. The first kappa shape index (κ1) is 20.4. The van der Waals surface area contributed by atoms with Gasteiger partial charge in [-0.05, 0) is 39.5 Å². The molecule has 0 radical (unpaired) electrons. The molecule has 1 aliphatic heterocycles. The summed E-state index contributed by atoms with van der Waals surface area (Å²) < 4.78 is 0. The normalized spacial score (nSPS) is 17.7. The highest BCUT2D eigenvalue weighted by Crippen LogP contribution is 2.18. The summed E-state index contributed by atoms with van der Waals surface area (Å²) in [6.07, 6.45) is 4.58. The van der Waals surface area contributed by atoms with Crippen molar-refractivity contribution in [3.05, 3.63) is 0 Å². The number of nitrogens with zero attached hydrogens (tertiary/aromatic N) is 1. The Morgan fingerprint density at radius 3 is 2.54 bits per heavy atom. The SMILES string of the molecule is CC(C)NC(=O)CCCC(=O)N1CCCCC1CNC(=O)CCN. The van der Waals surface area contributed by atoms with E-state index in [4.69, 9.17) is 5.73 Å². The van der Waals surface area contributed by atoms with Gasteiger partial charge >= 0.3 is 0 Å². The van der Waals surface area contributed by atoms with Crippen LogP contribution >= 0.6 is 0 Å². The number of carbonyl (C=O) groups excluding carboxylic acids is 3. The first-order chi connectivity index (χ1) is 11.4. The molecule has 0 bridgehead atoms. The van der Waals surface area contributed by atoms with Crippen molar-refractivity contribution in [1.82, 2.24) is 15.5 Å². The Morgan fingerprint density at radius 1 is 1.12 bits per heavy atom. The molecule has 0 aromatic rings. The van der Waals surface area contributed by atoms with E-state index >= 15 is 0 Å². The topological polar surface area (TPSA) is 105 Å². The number of carbonyl (C=O) groups is 3. The van der Waals surface area contributed by atoms with Crippen LogP contribution in [0.25, 0.3) is 0 Å². The molecule has 7 heteroatoms. The Hall–Kier alpha value is -1.63. The van der Waals surface area contributed by atoms with Crippen molar-refractivity contribution in [1.29, 1.82) is 0 Å². The van der Waals surface area contributed by atoms with Gasteiger partial charge in [-0.1, -0.05) is 0 Å². The van der Waals surface area contributed by atoms with Crippen LogP contribution in [0.4, 0.5) is 0 Å². The van der Waals surface area contributed by atoms with E-state index in [2.05, 4.69) is 10.6 Å². The van der Waals surface area contributed by atoms with Gasteiger partial charge < -0.3 is 21.3 Å². The van der Waals surface area contributed by atoms with Crippen LogP contribution in [0, 0.1) is 0 Å². The molecule has 138 valence electrons. The molecule has 0 spiro atoms. The van der Waals surface area contributed by atoms with Gasteiger partial charge in [0.15, 0.2) is 0 Å². The molecule has 4 N–H and O–H groups in total. The minimum Gasteiger partial charge on any atom is -0.354 e. The van der Waals surface area contributed by atoms with Crippen LogP contribution in [0.15, 0.2) is 0 Å². The van der Waals surface area contributed by atoms with Crippen molar-refractivity contribution in [3.63, 3.8) is 0 Å². The first-order valence-corrected chi connectivity index (χ1v) is 8.99. The van der Waals surface area contributed by atoms with Gasteiger partial charge in [0.2, 0.25) is 17.7 Å². The fourth-order valence-electron chi connectivity index (χ4n) is 2.93. The maximum absolute atomic E-state index is 12.4. The fourth-order valence-corrected chi connectivity index (χ4v) is 2.93. The van der Waals surface area contributed by atoms with Crippen LogP contribution in [0.1, 0.15) is 58.8 Å². The maximum atomic E-state index is 12.4. The smallest absolute Gasteiger partial charge is 0.222 e. The summed E-state index contributed by atoms with van der Waals surface area (Å²) >= 11 is 0. The molecule has 1 atom stereocenters. The average molecular weight is 340 g/mol. The summed E-state index contributed by atoms with van der Waals surface area (Å²) in [5, 5.41) is 5.69. The minimum atomic E-state index is -0.0687. The molecular weight excluding hydrogens is 308 g/mol. The molecule has 0 aromatic carbocycles. The number of nitrogens with two attached hydrogens (primary N) is 1. The van der Waals surface area contributed by atoms with Gasteiger partial charge in [0, 0.05) is 51.0 Å². The standard InChI is InChI=1S/C17H32N4O3/c1-13(2)20-16(23)7-5-8-17(24)21-11-4-3-6-14(21)12-19-15(22)9-10-18/h13-14H,3-12,18H2,1-2H3,(H,19,22)(H,20,23). The molecule has 1 saturated heterocycles. The van der Waals surface area contributed by atoms with E-state index in [1.54, 1.807) is 0 Å². The zero-order chi connectivity index (χ0) is 17.9. The van der Waals surface area contributed by atoms with E-state index < -0.39 is 0 Å². The van der Waals surface area contributed by atoms with E-state index in [-0.39, 0.29) is 29.8 Å². The van der Waals surface area contributed by atoms with Gasteiger partial charge in [0.25, 0.3) is 0 Å².